The summed E-state index contributed by atoms with van der Waals surface area (Å²) in [5.74, 6) is -0.102. The van der Waals surface area contributed by atoms with E-state index in [9.17, 15) is 14.4 Å². The highest BCUT2D eigenvalue weighted by Crippen LogP contribution is 2.40. The van der Waals surface area contributed by atoms with Gasteiger partial charge >= 0.3 is 5.97 Å². The van der Waals surface area contributed by atoms with Gasteiger partial charge in [-0.2, -0.15) is 0 Å². The van der Waals surface area contributed by atoms with Crippen molar-refractivity contribution in [3.8, 4) is 0 Å². The van der Waals surface area contributed by atoms with Gasteiger partial charge in [0.1, 0.15) is 5.69 Å². The largest absolute Gasteiger partial charge is 0.483 e. The maximum atomic E-state index is 12.6. The van der Waals surface area contributed by atoms with Gasteiger partial charge in [0.05, 0.1) is 19.7 Å². The first-order chi connectivity index (χ1) is 15.0. The van der Waals surface area contributed by atoms with Gasteiger partial charge in [-0.15, -0.1) is 0 Å². The van der Waals surface area contributed by atoms with Crippen LogP contribution in [0.2, 0.25) is 0 Å². The third kappa shape index (κ3) is 5.02. The zero-order chi connectivity index (χ0) is 22.4. The monoisotopic (exact) mass is 430 g/mol. The molecule has 0 spiro atoms. The normalized spacial score (nSPS) is 21.8. The van der Waals surface area contributed by atoms with Crippen molar-refractivity contribution in [2.75, 3.05) is 33.3 Å². The number of carbonyl (C=O) groups is 3. The van der Waals surface area contributed by atoms with Crippen LogP contribution < -0.4 is 10.9 Å². The third-order valence-corrected chi connectivity index (χ3v) is 5.77. The van der Waals surface area contributed by atoms with Crippen molar-refractivity contribution in [2.24, 2.45) is 5.92 Å². The zero-order valence-corrected chi connectivity index (χ0v) is 17.2. The van der Waals surface area contributed by atoms with E-state index >= 15 is 0 Å². The minimum atomic E-state index is -0.262. The first-order valence-electron chi connectivity index (χ1n) is 9.98. The fourth-order valence-electron chi connectivity index (χ4n) is 4.54. The molecule has 4 heterocycles. The van der Waals surface area contributed by atoms with Crippen LogP contribution >= 0.6 is 0 Å². The van der Waals surface area contributed by atoms with Crippen LogP contribution in [0.1, 0.15) is 34.6 Å². The number of rotatable bonds is 5. The van der Waals surface area contributed by atoms with E-state index in [-0.39, 0.29) is 48.3 Å². The highest BCUT2D eigenvalue weighted by molar-refractivity contribution is 5.92. The molecule has 2 bridgehead atoms. The molecule has 31 heavy (non-hydrogen) atoms. The number of likely N-dealkylation sites (tertiary alicyclic amines) is 1. The van der Waals surface area contributed by atoms with Crippen molar-refractivity contribution in [1.82, 2.24) is 19.8 Å². The first kappa shape index (κ1) is 22.3. The molecule has 166 valence electrons. The van der Waals surface area contributed by atoms with Crippen LogP contribution in [0.15, 0.2) is 41.3 Å². The summed E-state index contributed by atoms with van der Waals surface area (Å²) < 4.78 is 6.65. The molecule has 1 saturated heterocycles. The van der Waals surface area contributed by atoms with Crippen LogP contribution in [0.4, 0.5) is 0 Å². The van der Waals surface area contributed by atoms with Crippen LogP contribution in [-0.4, -0.2) is 71.2 Å². The molecule has 2 aliphatic rings. The Labute approximate surface area is 178 Å². The van der Waals surface area contributed by atoms with E-state index in [4.69, 9.17) is 14.6 Å². The molecule has 2 aromatic rings. The summed E-state index contributed by atoms with van der Waals surface area (Å²) in [7, 11) is 1.39. The number of pyridine rings is 1. The molecule has 3 atom stereocenters. The van der Waals surface area contributed by atoms with Crippen molar-refractivity contribution < 1.29 is 24.2 Å². The highest BCUT2D eigenvalue weighted by atomic mass is 16.5. The van der Waals surface area contributed by atoms with E-state index in [2.05, 4.69) is 15.2 Å². The second-order valence-corrected chi connectivity index (χ2v) is 7.59. The second kappa shape index (κ2) is 10.1. The Morgan fingerprint density at radius 3 is 2.74 bits per heavy atom. The summed E-state index contributed by atoms with van der Waals surface area (Å²) in [6.07, 6.45) is 2.63. The molecular formula is C21H26N4O6. The number of H-pyrrole nitrogens is 1. The minimum Gasteiger partial charge on any atom is -0.483 e. The number of carbonyl (C=O) groups excluding carboxylic acids is 2. The molecule has 0 unspecified atom stereocenters. The number of nitrogens with one attached hydrogen (secondary N) is 2. The van der Waals surface area contributed by atoms with Crippen molar-refractivity contribution in [2.45, 2.75) is 18.4 Å². The Kier molecular flexibility index (Phi) is 7.24. The molecular weight excluding hydrogens is 404 g/mol. The molecule has 1 amide bonds. The average Bonchev–Trinajstić information content (AvgIpc) is 3.29. The van der Waals surface area contributed by atoms with Gasteiger partial charge < -0.3 is 24.7 Å². The SMILES string of the molecule is COC(=O)CN1C[C@H]2C[C@@H](C1)[C@H](CNC(=O)c1ccc[nH]1)n1c2cccc1=O.O=CO. The number of hydrogen-bond acceptors (Lipinski definition) is 6. The maximum absolute atomic E-state index is 12.6. The smallest absolute Gasteiger partial charge is 0.319 e. The van der Waals surface area contributed by atoms with E-state index in [0.29, 0.717) is 18.8 Å². The topological polar surface area (TPSA) is 134 Å². The predicted octanol–water partition coefficient (Wildman–Crippen LogP) is 0.440. The van der Waals surface area contributed by atoms with Gasteiger partial charge in [0.25, 0.3) is 17.9 Å². The number of carboxylic acid groups (broad SMARTS) is 1. The molecule has 2 aromatic heterocycles. The van der Waals surface area contributed by atoms with Gasteiger partial charge in [-0.3, -0.25) is 24.1 Å². The second-order valence-electron chi connectivity index (χ2n) is 7.59. The van der Waals surface area contributed by atoms with Gasteiger partial charge in [-0.05, 0) is 30.5 Å². The lowest BCUT2D eigenvalue weighted by Gasteiger charge is -2.46. The quantitative estimate of drug-likeness (QED) is 0.463. The van der Waals surface area contributed by atoms with Gasteiger partial charge in [0, 0.05) is 43.5 Å². The number of esters is 1. The van der Waals surface area contributed by atoms with E-state index in [1.165, 1.54) is 7.11 Å². The van der Waals surface area contributed by atoms with Crippen LogP contribution in [-0.2, 0) is 14.3 Å². The Morgan fingerprint density at radius 1 is 1.29 bits per heavy atom. The molecule has 10 heteroatoms. The summed E-state index contributed by atoms with van der Waals surface area (Å²) >= 11 is 0. The van der Waals surface area contributed by atoms with Gasteiger partial charge in [0.15, 0.2) is 0 Å². The van der Waals surface area contributed by atoms with Gasteiger partial charge in [-0.25, -0.2) is 0 Å². The molecule has 1 fully saturated rings. The molecule has 0 saturated carbocycles. The van der Waals surface area contributed by atoms with Gasteiger partial charge in [0.2, 0.25) is 0 Å². The number of methoxy groups -OCH3 is 1. The van der Waals surface area contributed by atoms with Crippen molar-refractivity contribution >= 4 is 18.3 Å². The number of nitrogens with zero attached hydrogens (tertiary/aromatic N) is 2. The molecule has 0 aliphatic carbocycles. The summed E-state index contributed by atoms with van der Waals surface area (Å²) in [5.41, 5.74) is 1.41. The number of aromatic amines is 1. The first-order valence-corrected chi connectivity index (χ1v) is 9.98. The summed E-state index contributed by atoms with van der Waals surface area (Å²) in [4.78, 5) is 50.1. The summed E-state index contributed by atoms with van der Waals surface area (Å²) in [6, 6.07) is 8.65. The molecule has 4 rings (SSSR count). The minimum absolute atomic E-state index is 0.0484. The lowest BCUT2D eigenvalue weighted by atomic mass is 9.78. The Bertz CT molecular complexity index is 970. The number of aromatic nitrogens is 2. The van der Waals surface area contributed by atoms with Crippen LogP contribution in [0.25, 0.3) is 0 Å². The summed E-state index contributed by atoms with van der Waals surface area (Å²) in [5, 5.41) is 9.84. The van der Waals surface area contributed by atoms with Gasteiger partial charge in [-0.1, -0.05) is 6.07 Å². The standard InChI is InChI=1S/C20H24N4O4.CH2O2/c1-28-19(26)12-23-10-13-8-14(11-23)17(24-16(13)5-2-6-18(24)25)9-22-20(27)15-4-3-7-21-15;2-1-3/h2-7,13-14,17,21H,8-12H2,1H3,(H,22,27);1H,(H,2,3)/t13-,14+,17+;/m1./s1. The lowest BCUT2D eigenvalue weighted by Crippen LogP contribution is -2.52. The van der Waals surface area contributed by atoms with Crippen LogP contribution in [0.3, 0.4) is 0 Å². The maximum Gasteiger partial charge on any atom is 0.319 e. The molecule has 3 N–H and O–H groups in total. The molecule has 0 radical (unpaired) electrons. The Hall–Kier alpha value is -3.40. The molecule has 10 nitrogen and oxygen atoms in total. The zero-order valence-electron chi connectivity index (χ0n) is 17.2. The third-order valence-electron chi connectivity index (χ3n) is 5.77. The average molecular weight is 430 g/mol. The number of fused-ring (bicyclic) bond motifs is 4. The van der Waals surface area contributed by atoms with E-state index in [1.54, 1.807) is 30.5 Å². The van der Waals surface area contributed by atoms with Crippen LogP contribution in [0.5, 0.6) is 0 Å². The van der Waals surface area contributed by atoms with Crippen molar-refractivity contribution in [3.63, 3.8) is 0 Å². The number of piperidine rings is 1. The van der Waals surface area contributed by atoms with Crippen LogP contribution in [0, 0.1) is 5.92 Å². The lowest BCUT2D eigenvalue weighted by molar-refractivity contribution is -0.142. The Morgan fingerprint density at radius 2 is 2.06 bits per heavy atom. The predicted molar refractivity (Wildman–Crippen MR) is 111 cm³/mol. The molecule has 0 aromatic carbocycles. The van der Waals surface area contributed by atoms with E-state index < -0.39 is 0 Å². The molecule has 2 aliphatic heterocycles. The van der Waals surface area contributed by atoms with Crippen molar-refractivity contribution in [3.05, 3.63) is 58.3 Å². The fraction of sp³-hybridized carbons (Fsp3) is 0.429. The van der Waals surface area contributed by atoms with Crippen molar-refractivity contribution in [1.29, 1.82) is 0 Å². The number of ether oxygens (including phenoxy) is 1. The number of hydrogen-bond donors (Lipinski definition) is 3. The Balaban J connectivity index is 0.000000858. The highest BCUT2D eigenvalue weighted by Gasteiger charge is 2.41. The summed E-state index contributed by atoms with van der Waals surface area (Å²) in [6.45, 7) is 1.76. The van der Waals surface area contributed by atoms with E-state index in [0.717, 1.165) is 18.7 Å². The fourth-order valence-corrected chi connectivity index (χ4v) is 4.54. The number of amides is 1. The van der Waals surface area contributed by atoms with E-state index in [1.807, 2.05) is 10.6 Å².